The molecule has 0 aliphatic rings. The van der Waals surface area contributed by atoms with Gasteiger partial charge in [-0.3, -0.25) is 0 Å². The van der Waals surface area contributed by atoms with Crippen molar-refractivity contribution in [3.8, 4) is 5.75 Å². The minimum atomic E-state index is 0.199. The van der Waals surface area contributed by atoms with Gasteiger partial charge in [0.1, 0.15) is 5.75 Å². The van der Waals surface area contributed by atoms with Crippen molar-refractivity contribution in [2.45, 2.75) is 52.9 Å². The largest absolute Gasteiger partial charge is 0.494 e. The zero-order chi connectivity index (χ0) is 17.0. The van der Waals surface area contributed by atoms with Gasteiger partial charge >= 0.3 is 0 Å². The van der Waals surface area contributed by atoms with Crippen molar-refractivity contribution in [1.29, 1.82) is 0 Å². The molecule has 0 bridgehead atoms. The SMILES string of the molecule is CCOc1ccc(C(c2ccc(C(C)(C)C)cc2)C(C)C)cc1. The third-order valence-electron chi connectivity index (χ3n) is 4.35. The van der Waals surface area contributed by atoms with Gasteiger partial charge in [0.05, 0.1) is 6.61 Å². The fourth-order valence-electron chi connectivity index (χ4n) is 3.09. The Kier molecular flexibility index (Phi) is 5.51. The summed E-state index contributed by atoms with van der Waals surface area (Å²) in [6.07, 6.45) is 0. The molecule has 2 rings (SSSR count). The highest BCUT2D eigenvalue weighted by Gasteiger charge is 2.20. The number of rotatable bonds is 5. The normalized spacial score (nSPS) is 13.2. The monoisotopic (exact) mass is 310 g/mol. The van der Waals surface area contributed by atoms with Gasteiger partial charge < -0.3 is 4.74 Å². The average Bonchev–Trinajstić information content (AvgIpc) is 2.49. The van der Waals surface area contributed by atoms with Gasteiger partial charge in [0.15, 0.2) is 0 Å². The summed E-state index contributed by atoms with van der Waals surface area (Å²) in [4.78, 5) is 0. The lowest BCUT2D eigenvalue weighted by atomic mass is 9.80. The molecule has 1 heteroatoms. The molecule has 0 fully saturated rings. The number of hydrogen-bond donors (Lipinski definition) is 0. The van der Waals surface area contributed by atoms with Crippen molar-refractivity contribution in [2.75, 3.05) is 6.61 Å². The van der Waals surface area contributed by atoms with Crippen molar-refractivity contribution in [3.63, 3.8) is 0 Å². The van der Waals surface area contributed by atoms with Crippen LogP contribution in [-0.2, 0) is 5.41 Å². The molecule has 0 aliphatic carbocycles. The van der Waals surface area contributed by atoms with E-state index >= 15 is 0 Å². The molecule has 0 aromatic heterocycles. The van der Waals surface area contributed by atoms with Crippen molar-refractivity contribution in [2.24, 2.45) is 5.92 Å². The van der Waals surface area contributed by atoms with Crippen LogP contribution in [0.4, 0.5) is 0 Å². The first-order valence-electron chi connectivity index (χ1n) is 8.66. The molecule has 0 spiro atoms. The van der Waals surface area contributed by atoms with Gasteiger partial charge in [-0.25, -0.2) is 0 Å². The Balaban J connectivity index is 2.31. The third-order valence-corrected chi connectivity index (χ3v) is 4.35. The van der Waals surface area contributed by atoms with Crippen LogP contribution in [0.1, 0.15) is 64.2 Å². The van der Waals surface area contributed by atoms with Gasteiger partial charge in [-0.2, -0.15) is 0 Å². The highest BCUT2D eigenvalue weighted by molar-refractivity contribution is 5.38. The van der Waals surface area contributed by atoms with Gasteiger partial charge in [0, 0.05) is 5.92 Å². The summed E-state index contributed by atoms with van der Waals surface area (Å²) < 4.78 is 5.56. The smallest absolute Gasteiger partial charge is 0.119 e. The lowest BCUT2D eigenvalue weighted by Gasteiger charge is -2.24. The van der Waals surface area contributed by atoms with Crippen LogP contribution in [0.3, 0.4) is 0 Å². The summed E-state index contributed by atoms with van der Waals surface area (Å²) in [7, 11) is 0. The first-order chi connectivity index (χ1) is 10.8. The summed E-state index contributed by atoms with van der Waals surface area (Å²) in [5.41, 5.74) is 4.32. The maximum atomic E-state index is 5.56. The van der Waals surface area contributed by atoms with Crippen LogP contribution < -0.4 is 4.74 Å². The van der Waals surface area contributed by atoms with Gasteiger partial charge in [-0.15, -0.1) is 0 Å². The van der Waals surface area contributed by atoms with Crippen LogP contribution in [-0.4, -0.2) is 6.61 Å². The van der Waals surface area contributed by atoms with E-state index in [0.717, 1.165) is 5.75 Å². The van der Waals surface area contributed by atoms with Gasteiger partial charge in [-0.1, -0.05) is 71.0 Å². The van der Waals surface area contributed by atoms with Gasteiger partial charge in [0.25, 0.3) is 0 Å². The van der Waals surface area contributed by atoms with Crippen molar-refractivity contribution in [3.05, 3.63) is 65.2 Å². The predicted octanol–water partition coefficient (Wildman–Crippen LogP) is 6.17. The molecule has 0 heterocycles. The molecule has 0 saturated carbocycles. The highest BCUT2D eigenvalue weighted by atomic mass is 16.5. The van der Waals surface area contributed by atoms with E-state index in [2.05, 4.69) is 83.1 Å². The summed E-state index contributed by atoms with van der Waals surface area (Å²) in [5, 5.41) is 0. The van der Waals surface area contributed by atoms with Crippen LogP contribution in [0, 0.1) is 5.92 Å². The molecule has 23 heavy (non-hydrogen) atoms. The Morgan fingerprint density at radius 1 is 0.826 bits per heavy atom. The second-order valence-electron chi connectivity index (χ2n) is 7.60. The van der Waals surface area contributed by atoms with Crippen LogP contribution in [0.15, 0.2) is 48.5 Å². The Morgan fingerprint density at radius 2 is 1.30 bits per heavy atom. The third kappa shape index (κ3) is 4.37. The lowest BCUT2D eigenvalue weighted by molar-refractivity contribution is 0.340. The minimum Gasteiger partial charge on any atom is -0.494 e. The van der Waals surface area contributed by atoms with E-state index in [9.17, 15) is 0 Å². The molecule has 2 aromatic carbocycles. The molecule has 0 radical (unpaired) electrons. The molecular formula is C22H30O. The maximum absolute atomic E-state index is 5.56. The van der Waals surface area contributed by atoms with Crippen LogP contribution in [0.5, 0.6) is 5.75 Å². The molecule has 0 amide bonds. The Bertz CT molecular complexity index is 600. The summed E-state index contributed by atoms with van der Waals surface area (Å²) in [6.45, 7) is 14.1. The van der Waals surface area contributed by atoms with E-state index in [-0.39, 0.29) is 5.41 Å². The topological polar surface area (TPSA) is 9.23 Å². The lowest BCUT2D eigenvalue weighted by Crippen LogP contribution is -2.12. The number of benzene rings is 2. The number of hydrogen-bond acceptors (Lipinski definition) is 1. The van der Waals surface area contributed by atoms with E-state index in [0.29, 0.717) is 18.4 Å². The minimum absolute atomic E-state index is 0.199. The second kappa shape index (κ2) is 7.21. The van der Waals surface area contributed by atoms with E-state index in [1.54, 1.807) is 0 Å². The molecule has 1 unspecified atom stereocenters. The van der Waals surface area contributed by atoms with Crippen LogP contribution in [0.2, 0.25) is 0 Å². The highest BCUT2D eigenvalue weighted by Crippen LogP contribution is 2.34. The van der Waals surface area contributed by atoms with Crippen LogP contribution in [0.25, 0.3) is 0 Å². The Labute approximate surface area is 141 Å². The summed E-state index contributed by atoms with van der Waals surface area (Å²) in [6, 6.07) is 17.7. The second-order valence-corrected chi connectivity index (χ2v) is 7.60. The summed E-state index contributed by atoms with van der Waals surface area (Å²) in [5.74, 6) is 1.91. The molecule has 2 aromatic rings. The Hall–Kier alpha value is -1.76. The Morgan fingerprint density at radius 3 is 1.70 bits per heavy atom. The van der Waals surface area contributed by atoms with E-state index < -0.39 is 0 Å². The van der Waals surface area contributed by atoms with E-state index in [4.69, 9.17) is 4.74 Å². The fourth-order valence-corrected chi connectivity index (χ4v) is 3.09. The van der Waals surface area contributed by atoms with Crippen LogP contribution >= 0.6 is 0 Å². The average molecular weight is 310 g/mol. The van der Waals surface area contributed by atoms with Crippen molar-refractivity contribution >= 4 is 0 Å². The zero-order valence-electron chi connectivity index (χ0n) is 15.4. The number of ether oxygens (including phenoxy) is 1. The van der Waals surface area contributed by atoms with E-state index in [1.807, 2.05) is 6.92 Å². The van der Waals surface area contributed by atoms with Gasteiger partial charge in [-0.05, 0) is 47.1 Å². The first-order valence-corrected chi connectivity index (χ1v) is 8.66. The fraction of sp³-hybridized carbons (Fsp3) is 0.455. The first kappa shape index (κ1) is 17.6. The van der Waals surface area contributed by atoms with Crippen molar-refractivity contribution in [1.82, 2.24) is 0 Å². The van der Waals surface area contributed by atoms with Crippen molar-refractivity contribution < 1.29 is 4.74 Å². The quantitative estimate of drug-likeness (QED) is 0.641. The molecule has 1 atom stereocenters. The van der Waals surface area contributed by atoms with E-state index in [1.165, 1.54) is 16.7 Å². The predicted molar refractivity (Wildman–Crippen MR) is 99.4 cm³/mol. The maximum Gasteiger partial charge on any atom is 0.119 e. The summed E-state index contributed by atoms with van der Waals surface area (Å²) >= 11 is 0. The standard InChI is InChI=1S/C22H30O/c1-7-23-20-14-10-18(11-15-20)21(16(2)3)17-8-12-19(13-9-17)22(4,5)6/h8-16,21H,7H2,1-6H3. The molecule has 0 saturated heterocycles. The molecule has 0 N–H and O–H groups in total. The zero-order valence-corrected chi connectivity index (χ0v) is 15.4. The molecule has 0 aliphatic heterocycles. The molecule has 124 valence electrons. The van der Waals surface area contributed by atoms with Gasteiger partial charge in [0.2, 0.25) is 0 Å². The molecular weight excluding hydrogens is 280 g/mol. The molecule has 1 nitrogen and oxygen atoms in total.